The zero-order valence-corrected chi connectivity index (χ0v) is 56.2. The Kier molecular flexibility index (Phi) is 23.3. The van der Waals surface area contributed by atoms with Gasteiger partial charge in [-0.15, -0.1) is 0 Å². The number of carbonyl (C=O) groups excluding carboxylic acids is 5. The second kappa shape index (κ2) is 31.1. The Bertz CT molecular complexity index is 3870. The monoisotopic (exact) mass is 1390 g/mol. The van der Waals surface area contributed by atoms with Crippen molar-refractivity contribution in [3.63, 3.8) is 0 Å². The maximum atomic E-state index is 14.3. The van der Waals surface area contributed by atoms with Gasteiger partial charge in [0.25, 0.3) is 0 Å². The van der Waals surface area contributed by atoms with Crippen molar-refractivity contribution in [2.24, 2.45) is 0 Å². The van der Waals surface area contributed by atoms with Crippen LogP contribution in [0.1, 0.15) is 72.4 Å². The fourth-order valence-electron chi connectivity index (χ4n) is 14.5. The van der Waals surface area contributed by atoms with Crippen LogP contribution < -0.4 is 25.7 Å². The summed E-state index contributed by atoms with van der Waals surface area (Å²) in [7, 11) is 1.02. The molecule has 10 N–H and O–H groups in total. The fraction of sp³-hybridized carbons (Fsp3) is 0.507. The molecule has 0 aromatic heterocycles. The summed E-state index contributed by atoms with van der Waals surface area (Å²) in [5.74, 6) is -7.33. The number of ether oxygens (including phenoxy) is 9. The first kappa shape index (κ1) is 74.7. The van der Waals surface area contributed by atoms with Crippen molar-refractivity contribution in [2.45, 2.75) is 195 Å². The van der Waals surface area contributed by atoms with Crippen molar-refractivity contribution in [1.29, 1.82) is 0 Å². The maximum Gasteiger partial charge on any atom is 0.312 e. The van der Waals surface area contributed by atoms with Crippen LogP contribution in [0.3, 0.4) is 0 Å². The molecule has 100 heavy (non-hydrogen) atoms. The molecule has 29 heteroatoms. The van der Waals surface area contributed by atoms with Gasteiger partial charge in [-0.1, -0.05) is 98.8 Å². The third-order valence-electron chi connectivity index (χ3n) is 19.2. The molecule has 4 aromatic carbocycles. The molecule has 10 rings (SSSR count). The quantitative estimate of drug-likeness (QED) is 0.0227. The van der Waals surface area contributed by atoms with Crippen molar-refractivity contribution in [3.8, 4) is 0 Å². The van der Waals surface area contributed by atoms with E-state index in [4.69, 9.17) is 42.6 Å². The van der Waals surface area contributed by atoms with Crippen LogP contribution in [0.25, 0.3) is 21.5 Å². The number of aliphatic hydroxyl groups excluding tert-OH is 7. The van der Waals surface area contributed by atoms with E-state index in [1.54, 1.807) is 0 Å². The molecule has 0 radical (unpaired) electrons. The molecule has 4 aromatic rings. The minimum Gasteiger partial charge on any atom is -0.547 e. The van der Waals surface area contributed by atoms with Gasteiger partial charge in [0.05, 0.1) is 42.5 Å². The summed E-state index contributed by atoms with van der Waals surface area (Å²) in [4.78, 5) is 79.0. The Labute approximate surface area is 575 Å². The standard InChI is InChI=1S/C71H86N4O25/c1-34-51(72-35(2)77)59(53(82)43(32-76)94-34)96-69-58(87)56(85)62(64(100-69)66(90)91)98-67-52(73-36(3)78)60(97-68-57(86)55(84)61(92-8)63(99-68)65(88)89)54(83)44(95-67)33-93-48(81)29-31-75-42-27-25-38-19-15-17-21-40(38)50(42)71(6,7)46(75)23-13-11-9-10-12-22-45-70(4,5)49-39-20-16-14-18-37(39)24-26-41(49)74(45)30-28-47(79)80/h9-27,34,43-44,51-64,67-69,76,82-87H,28-33H2,1-8H3,(H4-,72,73,77,78,79,80,88,89,90,91)/p-1/t34-,43?,44?,51?,52?,53+,54+,55+,56+,57?,58?,59+,60+,61-,62-,63?,64?,67-,68+,69+/m0/s1. The van der Waals surface area contributed by atoms with Crippen LogP contribution in [-0.2, 0) is 82.2 Å². The van der Waals surface area contributed by atoms with Gasteiger partial charge in [0.15, 0.2) is 31.1 Å². The SMILES string of the molecule is CO[C@@H]1C(C(=O)[O-])O[C@@H](O[C@@H]2C(NC(C)=O)[C@H](O[C@@H]3C(C(=O)[O-])O[C@@H](O[C@@H]4C(NC(C)=O)[C@H](C)OC(CO)[C@H]4O)C(O)[C@H]3O)OC(COC(=O)CC[N+]3=C(/C=C/C=C/C=C/C=C4/N(CCC(=O)O)c5ccc6ccccc6c5C4(C)C)C(C)(C)c4c3ccc3ccccc43)[C@H]2O)C(O)[C@H]1O. The Morgan fingerprint density at radius 3 is 1.75 bits per heavy atom. The number of fused-ring (bicyclic) bond motifs is 6. The third-order valence-corrected chi connectivity index (χ3v) is 19.2. The average molecular weight is 1390 g/mol. The first-order valence-corrected chi connectivity index (χ1v) is 32.8. The largest absolute Gasteiger partial charge is 0.547 e. The van der Waals surface area contributed by atoms with Crippen LogP contribution in [-0.4, -0.2) is 243 Å². The number of allylic oxidation sites excluding steroid dienone is 8. The average Bonchev–Trinajstić information content (AvgIpc) is 1.57. The van der Waals surface area contributed by atoms with E-state index in [0.717, 1.165) is 76.4 Å². The number of nitrogens with one attached hydrogen (secondary N) is 2. The lowest BCUT2D eigenvalue weighted by Crippen LogP contribution is -2.71. The van der Waals surface area contributed by atoms with Gasteiger partial charge in [0.1, 0.15) is 105 Å². The fourth-order valence-corrected chi connectivity index (χ4v) is 14.5. The van der Waals surface area contributed by atoms with E-state index in [-0.39, 0.29) is 25.9 Å². The van der Waals surface area contributed by atoms with E-state index in [2.05, 4.69) is 55.4 Å². The third kappa shape index (κ3) is 15.2. The summed E-state index contributed by atoms with van der Waals surface area (Å²) >= 11 is 0. The number of carbonyl (C=O) groups is 6. The minimum atomic E-state index is -2.45. The second-order valence-electron chi connectivity index (χ2n) is 26.5. The molecule has 540 valence electrons. The van der Waals surface area contributed by atoms with Crippen LogP contribution >= 0.6 is 0 Å². The van der Waals surface area contributed by atoms with E-state index in [9.17, 15) is 79.8 Å². The highest BCUT2D eigenvalue weighted by Gasteiger charge is 2.57. The highest BCUT2D eigenvalue weighted by Crippen LogP contribution is 2.51. The van der Waals surface area contributed by atoms with Crippen molar-refractivity contribution >= 4 is 74.3 Å². The normalized spacial score (nSPS) is 33.0. The van der Waals surface area contributed by atoms with Crippen LogP contribution in [0.5, 0.6) is 0 Å². The summed E-state index contributed by atoms with van der Waals surface area (Å²) in [6, 6.07) is 20.9. The smallest absolute Gasteiger partial charge is 0.312 e. The van der Waals surface area contributed by atoms with Gasteiger partial charge in [-0.25, -0.2) is 0 Å². The van der Waals surface area contributed by atoms with Crippen LogP contribution in [0.2, 0.25) is 0 Å². The Balaban J connectivity index is 0.909. The molecule has 0 saturated carbocycles. The molecule has 0 aliphatic carbocycles. The first-order valence-electron chi connectivity index (χ1n) is 32.8. The van der Waals surface area contributed by atoms with Crippen molar-refractivity contribution in [1.82, 2.24) is 10.6 Å². The zero-order chi connectivity index (χ0) is 72.4. The second-order valence-corrected chi connectivity index (χ2v) is 26.5. The molecule has 4 fully saturated rings. The summed E-state index contributed by atoms with van der Waals surface area (Å²) in [5.41, 5.74) is 4.45. The molecule has 6 heterocycles. The van der Waals surface area contributed by atoms with Gasteiger partial charge in [-0.2, -0.15) is 4.58 Å². The molecule has 2 amide bonds. The maximum absolute atomic E-state index is 14.3. The predicted octanol–water partition coefficient (Wildman–Crippen LogP) is -1.07. The number of carboxylic acid groups (broad SMARTS) is 3. The number of amides is 2. The zero-order valence-electron chi connectivity index (χ0n) is 56.2. The van der Waals surface area contributed by atoms with Crippen molar-refractivity contribution in [3.05, 3.63) is 132 Å². The lowest BCUT2D eigenvalue weighted by atomic mass is 9.79. The first-order chi connectivity index (χ1) is 47.5. The number of benzene rings is 4. The summed E-state index contributed by atoms with van der Waals surface area (Å²) in [5, 5.41) is 123. The van der Waals surface area contributed by atoms with Gasteiger partial charge in [-0.05, 0) is 66.1 Å². The Morgan fingerprint density at radius 2 is 1.15 bits per heavy atom. The number of anilines is 1. The van der Waals surface area contributed by atoms with Crippen LogP contribution in [0, 0.1) is 0 Å². The molecule has 29 nitrogen and oxygen atoms in total. The topological polar surface area (TPSA) is 424 Å². The number of aliphatic hydroxyl groups is 7. The van der Waals surface area contributed by atoms with E-state index < -0.39 is 182 Å². The minimum absolute atomic E-state index is 0.0212. The van der Waals surface area contributed by atoms with E-state index >= 15 is 0 Å². The lowest BCUT2D eigenvalue weighted by molar-refractivity contribution is -0.436. The van der Waals surface area contributed by atoms with Gasteiger partial charge >= 0.3 is 11.9 Å². The molecule has 0 spiro atoms. The van der Waals surface area contributed by atoms with E-state index in [0.29, 0.717) is 0 Å². The van der Waals surface area contributed by atoms with Crippen LogP contribution in [0.4, 0.5) is 11.4 Å². The van der Waals surface area contributed by atoms with E-state index in [1.165, 1.54) is 6.92 Å². The molecule has 4 saturated heterocycles. The summed E-state index contributed by atoms with van der Waals surface area (Å²) in [6.07, 6.45) is -22.7. The van der Waals surface area contributed by atoms with Crippen LogP contribution in [0.15, 0.2) is 121 Å². The molecular formula is C71H85N4O25-. The molecule has 8 unspecified atom stereocenters. The number of carboxylic acids is 3. The van der Waals surface area contributed by atoms with Gasteiger partial charge in [-0.3, -0.25) is 19.2 Å². The predicted molar refractivity (Wildman–Crippen MR) is 349 cm³/mol. The molecule has 6 aliphatic heterocycles. The van der Waals surface area contributed by atoms with Gasteiger partial charge in [0.2, 0.25) is 17.5 Å². The number of hydrogen-bond donors (Lipinski definition) is 10. The molecule has 20 atom stereocenters. The Hall–Kier alpha value is -7.95. The van der Waals surface area contributed by atoms with Crippen molar-refractivity contribution < 1.29 is 127 Å². The van der Waals surface area contributed by atoms with Crippen molar-refractivity contribution in [2.75, 3.05) is 38.3 Å². The van der Waals surface area contributed by atoms with E-state index in [1.807, 2.05) is 108 Å². The molecule has 0 bridgehead atoms. The summed E-state index contributed by atoms with van der Waals surface area (Å²) < 4.78 is 53.9. The number of aliphatic carboxylic acids is 3. The summed E-state index contributed by atoms with van der Waals surface area (Å²) in [6.45, 7) is 10.6. The van der Waals surface area contributed by atoms with Gasteiger partial charge in [0, 0.05) is 62.0 Å². The number of rotatable bonds is 24. The Morgan fingerprint density at radius 1 is 0.610 bits per heavy atom. The number of methoxy groups -OCH3 is 1. The number of hydrogen-bond acceptors (Lipinski definition) is 25. The molecular weight excluding hydrogens is 1310 g/mol. The molecule has 6 aliphatic rings. The highest BCUT2D eigenvalue weighted by atomic mass is 16.8. The number of esters is 1. The highest BCUT2D eigenvalue weighted by molar-refractivity contribution is 6.08. The lowest BCUT2D eigenvalue weighted by Gasteiger charge is -2.50. The van der Waals surface area contributed by atoms with Gasteiger partial charge < -0.3 is 119 Å². The number of nitrogens with zero attached hydrogens (tertiary/aromatic N) is 2.